The van der Waals surface area contributed by atoms with Gasteiger partial charge in [-0.25, -0.2) is 9.36 Å². The van der Waals surface area contributed by atoms with Crippen LogP contribution in [0, 0.1) is 0 Å². The van der Waals surface area contributed by atoms with Crippen molar-refractivity contribution in [2.75, 3.05) is 5.32 Å². The van der Waals surface area contributed by atoms with E-state index in [0.717, 1.165) is 4.57 Å². The fraction of sp³-hybridized carbons (Fsp3) is 0.167. The van der Waals surface area contributed by atoms with Crippen LogP contribution in [-0.4, -0.2) is 15.5 Å². The molecule has 134 valence electrons. The molecular weight excluding hydrogens is 377 g/mol. The number of nitrogens with zero attached hydrogens (tertiary/aromatic N) is 1. The molecule has 0 bridgehead atoms. The summed E-state index contributed by atoms with van der Waals surface area (Å²) in [7, 11) is 0. The number of aromatic nitrogens is 2. The normalized spacial score (nSPS) is 12.1. The molecule has 2 aromatic carbocycles. The van der Waals surface area contributed by atoms with Crippen molar-refractivity contribution in [3.05, 3.63) is 73.3 Å². The van der Waals surface area contributed by atoms with E-state index in [0.29, 0.717) is 26.6 Å². The number of carbonyl (C=O) groups is 1. The number of nitrogens with one attached hydrogen (secondary N) is 2. The maximum Gasteiger partial charge on any atom is 0.329 e. The Kier molecular flexibility index (Phi) is 5.15. The quantitative estimate of drug-likeness (QED) is 0.712. The lowest BCUT2D eigenvalue weighted by molar-refractivity contribution is -0.119. The van der Waals surface area contributed by atoms with Crippen LogP contribution in [0.1, 0.15) is 19.4 Å². The highest BCUT2D eigenvalue weighted by molar-refractivity contribution is 6.42. The van der Waals surface area contributed by atoms with E-state index in [1.807, 2.05) is 0 Å². The molecule has 8 heteroatoms. The molecule has 1 atom stereocenters. The summed E-state index contributed by atoms with van der Waals surface area (Å²) in [5.41, 5.74) is -0.295. The molecule has 2 N–H and O–H groups in total. The summed E-state index contributed by atoms with van der Waals surface area (Å²) in [6, 6.07) is 10.3. The lowest BCUT2D eigenvalue weighted by atomic mass is 10.1. The van der Waals surface area contributed by atoms with Crippen LogP contribution >= 0.6 is 23.2 Å². The number of amides is 1. The van der Waals surface area contributed by atoms with Gasteiger partial charge in [0, 0.05) is 5.69 Å². The Bertz CT molecular complexity index is 1100. The average molecular weight is 392 g/mol. The van der Waals surface area contributed by atoms with Crippen molar-refractivity contribution in [1.29, 1.82) is 0 Å². The van der Waals surface area contributed by atoms with Gasteiger partial charge < -0.3 is 10.3 Å². The summed E-state index contributed by atoms with van der Waals surface area (Å²) in [5, 5.41) is 3.66. The highest BCUT2D eigenvalue weighted by atomic mass is 35.5. The van der Waals surface area contributed by atoms with Crippen LogP contribution in [0.2, 0.25) is 10.0 Å². The molecular formula is C18H15Cl2N3O3. The summed E-state index contributed by atoms with van der Waals surface area (Å²) in [6.45, 7) is 1.72. The molecule has 0 aliphatic heterocycles. The summed E-state index contributed by atoms with van der Waals surface area (Å²) in [6.07, 6.45) is 0.258. The van der Waals surface area contributed by atoms with E-state index < -0.39 is 23.2 Å². The Morgan fingerprint density at radius 2 is 1.88 bits per heavy atom. The van der Waals surface area contributed by atoms with Crippen LogP contribution in [0.15, 0.2) is 52.1 Å². The number of fused-ring (bicyclic) bond motifs is 1. The molecule has 0 aliphatic carbocycles. The molecule has 3 aromatic rings. The van der Waals surface area contributed by atoms with Crippen molar-refractivity contribution in [3.8, 4) is 0 Å². The molecule has 1 heterocycles. The van der Waals surface area contributed by atoms with Gasteiger partial charge in [-0.3, -0.25) is 9.59 Å². The van der Waals surface area contributed by atoms with Crippen molar-refractivity contribution < 1.29 is 4.79 Å². The molecule has 1 amide bonds. The largest absolute Gasteiger partial charge is 0.329 e. The molecule has 6 nitrogen and oxygen atoms in total. The summed E-state index contributed by atoms with van der Waals surface area (Å²) in [5.74, 6) is -0.492. The highest BCUT2D eigenvalue weighted by Crippen LogP contribution is 2.25. The first-order valence-corrected chi connectivity index (χ1v) is 8.67. The van der Waals surface area contributed by atoms with Crippen molar-refractivity contribution in [2.24, 2.45) is 0 Å². The number of halogens is 2. The Morgan fingerprint density at radius 1 is 1.15 bits per heavy atom. The van der Waals surface area contributed by atoms with Crippen LogP contribution in [-0.2, 0) is 4.79 Å². The summed E-state index contributed by atoms with van der Waals surface area (Å²) in [4.78, 5) is 40.4. The Labute approximate surface area is 158 Å². The number of hydrogen-bond donors (Lipinski definition) is 2. The second kappa shape index (κ2) is 7.35. The molecule has 0 saturated carbocycles. The Morgan fingerprint density at radius 3 is 2.58 bits per heavy atom. The second-order valence-corrected chi connectivity index (χ2v) is 6.51. The zero-order chi connectivity index (χ0) is 18.8. The van der Waals surface area contributed by atoms with E-state index in [2.05, 4.69) is 10.3 Å². The molecule has 0 spiro atoms. The monoisotopic (exact) mass is 391 g/mol. The summed E-state index contributed by atoms with van der Waals surface area (Å²) >= 11 is 11.8. The van der Waals surface area contributed by atoms with Crippen LogP contribution in [0.3, 0.4) is 0 Å². The smallest absolute Gasteiger partial charge is 0.324 e. The number of H-pyrrole nitrogens is 1. The molecule has 26 heavy (non-hydrogen) atoms. The Hall–Kier alpha value is -2.57. The fourth-order valence-corrected chi connectivity index (χ4v) is 3.04. The van der Waals surface area contributed by atoms with Crippen LogP contribution in [0.5, 0.6) is 0 Å². The van der Waals surface area contributed by atoms with Gasteiger partial charge in [-0.15, -0.1) is 0 Å². The van der Waals surface area contributed by atoms with E-state index in [4.69, 9.17) is 23.2 Å². The van der Waals surface area contributed by atoms with E-state index in [-0.39, 0.29) is 6.42 Å². The molecule has 0 radical (unpaired) electrons. The van der Waals surface area contributed by atoms with Gasteiger partial charge in [-0.2, -0.15) is 0 Å². The number of hydrogen-bond acceptors (Lipinski definition) is 3. The second-order valence-electron chi connectivity index (χ2n) is 5.69. The van der Waals surface area contributed by atoms with Gasteiger partial charge in [0.25, 0.3) is 5.56 Å². The molecule has 0 aliphatic rings. The molecule has 1 unspecified atom stereocenters. The average Bonchev–Trinajstić information content (AvgIpc) is 2.61. The van der Waals surface area contributed by atoms with Crippen molar-refractivity contribution in [3.63, 3.8) is 0 Å². The SMILES string of the molecule is CCC(C(=O)Nc1ccc(Cl)c(Cl)c1)n1c(=O)[nH]c2ccccc2c1=O. The van der Waals surface area contributed by atoms with Gasteiger partial charge in [0.2, 0.25) is 5.91 Å². The minimum Gasteiger partial charge on any atom is -0.324 e. The molecule has 0 fully saturated rings. The third kappa shape index (κ3) is 3.38. The zero-order valence-corrected chi connectivity index (χ0v) is 15.3. The number of rotatable bonds is 4. The van der Waals surface area contributed by atoms with E-state index >= 15 is 0 Å². The van der Waals surface area contributed by atoms with Gasteiger partial charge >= 0.3 is 5.69 Å². The fourth-order valence-electron chi connectivity index (χ4n) is 2.74. The van der Waals surface area contributed by atoms with Gasteiger partial charge in [-0.1, -0.05) is 42.3 Å². The Balaban J connectivity index is 2.02. The first-order chi connectivity index (χ1) is 12.4. The summed E-state index contributed by atoms with van der Waals surface area (Å²) < 4.78 is 0.940. The number of benzene rings is 2. The van der Waals surface area contributed by atoms with Crippen molar-refractivity contribution in [2.45, 2.75) is 19.4 Å². The number of aromatic amines is 1. The first-order valence-electron chi connectivity index (χ1n) is 7.92. The minimum atomic E-state index is -0.967. The molecule has 1 aromatic heterocycles. The third-order valence-corrected chi connectivity index (χ3v) is 4.76. The maximum absolute atomic E-state index is 12.7. The predicted octanol–water partition coefficient (Wildman–Crippen LogP) is 3.59. The number of para-hydroxylation sites is 1. The van der Waals surface area contributed by atoms with E-state index in [1.165, 1.54) is 6.07 Å². The topological polar surface area (TPSA) is 84.0 Å². The third-order valence-electron chi connectivity index (χ3n) is 4.02. The van der Waals surface area contributed by atoms with Crippen LogP contribution in [0.25, 0.3) is 10.9 Å². The maximum atomic E-state index is 12.7. The van der Waals surface area contributed by atoms with Gasteiger partial charge in [-0.05, 0) is 36.8 Å². The standard InChI is InChI=1S/C18H15Cl2N3O3/c1-2-15(16(24)21-10-7-8-12(19)13(20)9-10)23-17(25)11-5-3-4-6-14(11)22-18(23)26/h3-9,15H,2H2,1H3,(H,21,24)(H,22,26). The highest BCUT2D eigenvalue weighted by Gasteiger charge is 2.23. The van der Waals surface area contributed by atoms with E-state index in [1.54, 1.807) is 43.3 Å². The lowest BCUT2D eigenvalue weighted by Gasteiger charge is -2.17. The van der Waals surface area contributed by atoms with Crippen molar-refractivity contribution in [1.82, 2.24) is 9.55 Å². The first kappa shape index (κ1) is 18.2. The van der Waals surface area contributed by atoms with Gasteiger partial charge in [0.15, 0.2) is 0 Å². The minimum absolute atomic E-state index is 0.258. The van der Waals surface area contributed by atoms with Crippen molar-refractivity contribution >= 4 is 45.7 Å². The number of carbonyl (C=O) groups excluding carboxylic acids is 1. The van der Waals surface area contributed by atoms with Gasteiger partial charge in [0.05, 0.1) is 20.9 Å². The predicted molar refractivity (Wildman–Crippen MR) is 103 cm³/mol. The number of anilines is 1. The lowest BCUT2D eigenvalue weighted by Crippen LogP contribution is -2.42. The van der Waals surface area contributed by atoms with Crippen LogP contribution < -0.4 is 16.6 Å². The van der Waals surface area contributed by atoms with Crippen LogP contribution in [0.4, 0.5) is 5.69 Å². The van der Waals surface area contributed by atoms with E-state index in [9.17, 15) is 14.4 Å². The molecule has 3 rings (SSSR count). The molecule has 0 saturated heterocycles. The zero-order valence-electron chi connectivity index (χ0n) is 13.8. The van der Waals surface area contributed by atoms with Gasteiger partial charge in [0.1, 0.15) is 6.04 Å².